The number of nitrogens with zero attached hydrogens (tertiary/aromatic N) is 2. The van der Waals surface area contributed by atoms with Crippen LogP contribution in [-0.4, -0.2) is 22.7 Å². The van der Waals surface area contributed by atoms with Gasteiger partial charge in [-0.15, -0.1) is 10.2 Å². The molecule has 6 nitrogen and oxygen atoms in total. The Morgan fingerprint density at radius 1 is 0.839 bits per heavy atom. The minimum Gasteiger partial charge on any atom is -0.483 e. The van der Waals surface area contributed by atoms with E-state index in [0.717, 1.165) is 28.0 Å². The summed E-state index contributed by atoms with van der Waals surface area (Å²) >= 11 is 0. The molecule has 0 bridgehead atoms. The lowest BCUT2D eigenvalue weighted by molar-refractivity contribution is -0.118. The van der Waals surface area contributed by atoms with Crippen LogP contribution in [-0.2, 0) is 4.79 Å². The molecule has 4 aromatic rings. The molecule has 0 aliphatic heterocycles. The number of hydrogen-bond donors (Lipinski definition) is 1. The number of ether oxygens (including phenoxy) is 1. The van der Waals surface area contributed by atoms with E-state index in [4.69, 9.17) is 9.15 Å². The van der Waals surface area contributed by atoms with Crippen LogP contribution < -0.4 is 10.1 Å². The van der Waals surface area contributed by atoms with E-state index in [1.165, 1.54) is 5.56 Å². The molecule has 0 saturated carbocycles. The lowest BCUT2D eigenvalue weighted by Gasteiger charge is -2.12. The van der Waals surface area contributed by atoms with Gasteiger partial charge in [-0.1, -0.05) is 24.3 Å². The van der Waals surface area contributed by atoms with Crippen molar-refractivity contribution in [2.24, 2.45) is 0 Å². The van der Waals surface area contributed by atoms with Gasteiger partial charge in [-0.3, -0.25) is 4.79 Å². The Morgan fingerprint density at radius 2 is 1.45 bits per heavy atom. The number of hydrogen-bond acceptors (Lipinski definition) is 5. The summed E-state index contributed by atoms with van der Waals surface area (Å²) in [4.78, 5) is 12.3. The normalized spacial score (nSPS) is 10.7. The van der Waals surface area contributed by atoms with Gasteiger partial charge in [0.15, 0.2) is 6.61 Å². The Bertz CT molecular complexity index is 1200. The van der Waals surface area contributed by atoms with Gasteiger partial charge in [0.25, 0.3) is 5.91 Å². The fraction of sp³-hybridized carbons (Fsp3) is 0.160. The summed E-state index contributed by atoms with van der Waals surface area (Å²) in [6.07, 6.45) is 0. The molecule has 3 aromatic carbocycles. The largest absolute Gasteiger partial charge is 0.483 e. The first-order chi connectivity index (χ1) is 15.0. The first-order valence-electron chi connectivity index (χ1n) is 9.99. The summed E-state index contributed by atoms with van der Waals surface area (Å²) in [5, 5.41) is 11.1. The minimum atomic E-state index is -0.227. The monoisotopic (exact) mass is 413 g/mol. The van der Waals surface area contributed by atoms with E-state index in [1.54, 1.807) is 12.1 Å². The van der Waals surface area contributed by atoms with Crippen LogP contribution in [0.2, 0.25) is 0 Å². The van der Waals surface area contributed by atoms with Crippen LogP contribution >= 0.6 is 0 Å². The van der Waals surface area contributed by atoms with Crippen molar-refractivity contribution < 1.29 is 13.9 Å². The predicted octanol–water partition coefficient (Wildman–Crippen LogP) is 5.35. The van der Waals surface area contributed by atoms with E-state index in [9.17, 15) is 4.79 Å². The summed E-state index contributed by atoms with van der Waals surface area (Å²) in [5.41, 5.74) is 5.64. The molecule has 0 fully saturated rings. The molecule has 0 aliphatic rings. The third-order valence-corrected chi connectivity index (χ3v) is 5.01. The number of anilines is 1. The Morgan fingerprint density at radius 3 is 2.13 bits per heavy atom. The highest BCUT2D eigenvalue weighted by Gasteiger charge is 2.11. The van der Waals surface area contributed by atoms with Crippen LogP contribution in [0.5, 0.6) is 5.75 Å². The number of carbonyl (C=O) groups excluding carboxylic acids is 1. The quantitative estimate of drug-likeness (QED) is 0.461. The maximum absolute atomic E-state index is 12.3. The molecule has 0 aliphatic carbocycles. The van der Waals surface area contributed by atoms with Gasteiger partial charge in [0.2, 0.25) is 11.8 Å². The second kappa shape index (κ2) is 8.83. The average molecular weight is 413 g/mol. The SMILES string of the molecule is Cc1cc(C)c(OCC(=O)Nc2ccc(-c3nnc(-c4ccccc4)o3)cc2)cc1C. The molecule has 156 valence electrons. The Balaban J connectivity index is 1.37. The molecule has 0 atom stereocenters. The van der Waals surface area contributed by atoms with Gasteiger partial charge in [0, 0.05) is 16.8 Å². The van der Waals surface area contributed by atoms with Crippen molar-refractivity contribution in [2.75, 3.05) is 11.9 Å². The molecule has 1 aromatic heterocycles. The molecular formula is C25H23N3O3. The summed E-state index contributed by atoms with van der Waals surface area (Å²) in [7, 11) is 0. The third-order valence-electron chi connectivity index (χ3n) is 5.01. The van der Waals surface area contributed by atoms with Gasteiger partial charge >= 0.3 is 0 Å². The van der Waals surface area contributed by atoms with Crippen molar-refractivity contribution in [3.05, 3.63) is 83.4 Å². The van der Waals surface area contributed by atoms with E-state index < -0.39 is 0 Å². The lowest BCUT2D eigenvalue weighted by atomic mass is 10.1. The number of aromatic nitrogens is 2. The Hall–Kier alpha value is -3.93. The van der Waals surface area contributed by atoms with E-state index in [1.807, 2.05) is 62.4 Å². The van der Waals surface area contributed by atoms with Crippen LogP contribution in [0.1, 0.15) is 16.7 Å². The number of aryl methyl sites for hydroxylation is 3. The van der Waals surface area contributed by atoms with Crippen LogP contribution in [0.15, 0.2) is 71.1 Å². The van der Waals surface area contributed by atoms with Crippen molar-refractivity contribution in [1.82, 2.24) is 10.2 Å². The molecule has 31 heavy (non-hydrogen) atoms. The number of amides is 1. The highest BCUT2D eigenvalue weighted by atomic mass is 16.5. The van der Waals surface area contributed by atoms with E-state index >= 15 is 0 Å². The molecule has 0 saturated heterocycles. The molecule has 0 radical (unpaired) electrons. The van der Waals surface area contributed by atoms with Crippen molar-refractivity contribution in [3.63, 3.8) is 0 Å². The third kappa shape index (κ3) is 4.80. The lowest BCUT2D eigenvalue weighted by Crippen LogP contribution is -2.20. The zero-order valence-electron chi connectivity index (χ0n) is 17.7. The Kier molecular flexibility index (Phi) is 5.80. The van der Waals surface area contributed by atoms with Gasteiger partial charge in [0.1, 0.15) is 5.75 Å². The fourth-order valence-corrected chi connectivity index (χ4v) is 3.16. The van der Waals surface area contributed by atoms with Crippen molar-refractivity contribution in [3.8, 4) is 28.7 Å². The molecule has 1 heterocycles. The fourth-order valence-electron chi connectivity index (χ4n) is 3.16. The van der Waals surface area contributed by atoms with E-state index in [0.29, 0.717) is 17.5 Å². The Labute approximate surface area is 180 Å². The van der Waals surface area contributed by atoms with Crippen molar-refractivity contribution >= 4 is 11.6 Å². The molecule has 4 rings (SSSR count). The summed E-state index contributed by atoms with van der Waals surface area (Å²) in [6, 6.07) is 20.9. The average Bonchev–Trinajstić information content (AvgIpc) is 3.27. The molecule has 1 amide bonds. The van der Waals surface area contributed by atoms with Crippen LogP contribution in [0, 0.1) is 20.8 Å². The van der Waals surface area contributed by atoms with E-state index in [-0.39, 0.29) is 12.5 Å². The minimum absolute atomic E-state index is 0.0603. The second-order valence-corrected chi connectivity index (χ2v) is 7.39. The van der Waals surface area contributed by atoms with Crippen LogP contribution in [0.3, 0.4) is 0 Å². The topological polar surface area (TPSA) is 77.2 Å². The molecule has 6 heteroatoms. The first-order valence-corrected chi connectivity index (χ1v) is 9.99. The highest BCUT2D eigenvalue weighted by molar-refractivity contribution is 5.92. The maximum atomic E-state index is 12.3. The van der Waals surface area contributed by atoms with E-state index in [2.05, 4.69) is 28.5 Å². The number of carbonyl (C=O) groups is 1. The summed E-state index contributed by atoms with van der Waals surface area (Å²) in [5.74, 6) is 1.38. The van der Waals surface area contributed by atoms with Crippen LogP contribution in [0.4, 0.5) is 5.69 Å². The number of benzene rings is 3. The zero-order chi connectivity index (χ0) is 21.8. The zero-order valence-corrected chi connectivity index (χ0v) is 17.7. The van der Waals surface area contributed by atoms with Gasteiger partial charge < -0.3 is 14.5 Å². The number of rotatable bonds is 6. The van der Waals surface area contributed by atoms with Crippen molar-refractivity contribution in [1.29, 1.82) is 0 Å². The van der Waals surface area contributed by atoms with Crippen molar-refractivity contribution in [2.45, 2.75) is 20.8 Å². The van der Waals surface area contributed by atoms with Crippen LogP contribution in [0.25, 0.3) is 22.9 Å². The summed E-state index contributed by atoms with van der Waals surface area (Å²) < 4.78 is 11.5. The predicted molar refractivity (Wildman–Crippen MR) is 120 cm³/mol. The molecule has 1 N–H and O–H groups in total. The second-order valence-electron chi connectivity index (χ2n) is 7.39. The highest BCUT2D eigenvalue weighted by Crippen LogP contribution is 2.25. The van der Waals surface area contributed by atoms with Gasteiger partial charge in [-0.25, -0.2) is 0 Å². The molecular weight excluding hydrogens is 390 g/mol. The van der Waals surface area contributed by atoms with Gasteiger partial charge in [-0.2, -0.15) is 0 Å². The van der Waals surface area contributed by atoms with Gasteiger partial charge in [-0.05, 0) is 79.9 Å². The maximum Gasteiger partial charge on any atom is 0.262 e. The first kappa shape index (κ1) is 20.3. The summed E-state index contributed by atoms with van der Waals surface area (Å²) in [6.45, 7) is 5.99. The molecule has 0 spiro atoms. The smallest absolute Gasteiger partial charge is 0.262 e. The van der Waals surface area contributed by atoms with Gasteiger partial charge in [0.05, 0.1) is 0 Å². The standard InChI is InChI=1S/C25H23N3O3/c1-16-13-18(3)22(14-17(16)2)30-15-23(29)26-21-11-9-20(10-12-21)25-28-27-24(31-25)19-7-5-4-6-8-19/h4-14H,15H2,1-3H3,(H,26,29). The number of nitrogens with one attached hydrogen (secondary N) is 1. The molecule has 0 unspecified atom stereocenters.